The first-order valence-corrected chi connectivity index (χ1v) is 8.67. The van der Waals surface area contributed by atoms with Crippen LogP contribution in [0.15, 0.2) is 48.5 Å². The lowest BCUT2D eigenvalue weighted by atomic mass is 10.1. The zero-order valence-electron chi connectivity index (χ0n) is 15.0. The second-order valence-corrected chi connectivity index (χ2v) is 6.41. The van der Waals surface area contributed by atoms with Crippen molar-refractivity contribution in [2.45, 2.75) is 20.4 Å². The molecular formula is C20H21ClN4O. The van der Waals surface area contributed by atoms with Crippen molar-refractivity contribution >= 4 is 28.9 Å². The minimum atomic E-state index is 0.543. The Kier molecular flexibility index (Phi) is 5.58. The molecule has 26 heavy (non-hydrogen) atoms. The van der Waals surface area contributed by atoms with Crippen molar-refractivity contribution < 1.29 is 4.74 Å². The van der Waals surface area contributed by atoms with E-state index in [1.807, 2.05) is 25.1 Å². The third kappa shape index (κ3) is 4.64. The number of aromatic nitrogens is 2. The maximum absolute atomic E-state index is 6.18. The van der Waals surface area contributed by atoms with Crippen LogP contribution in [0.1, 0.15) is 17.0 Å². The molecule has 1 heterocycles. The fourth-order valence-electron chi connectivity index (χ4n) is 2.51. The van der Waals surface area contributed by atoms with Gasteiger partial charge in [0.05, 0.1) is 12.1 Å². The molecule has 0 bridgehead atoms. The highest BCUT2D eigenvalue weighted by molar-refractivity contribution is 6.32. The molecule has 0 amide bonds. The number of aryl methyl sites for hydroxylation is 2. The Hall–Kier alpha value is -2.79. The summed E-state index contributed by atoms with van der Waals surface area (Å²) < 4.78 is 5.17. The summed E-state index contributed by atoms with van der Waals surface area (Å²) in [6, 6.07) is 15.8. The Morgan fingerprint density at radius 1 is 0.962 bits per heavy atom. The number of rotatable bonds is 6. The van der Waals surface area contributed by atoms with Crippen LogP contribution < -0.4 is 15.4 Å². The number of nitrogens with one attached hydrogen (secondary N) is 2. The van der Waals surface area contributed by atoms with Crippen molar-refractivity contribution in [2.24, 2.45) is 0 Å². The number of methoxy groups -OCH3 is 1. The van der Waals surface area contributed by atoms with E-state index in [9.17, 15) is 0 Å². The number of hydrogen-bond acceptors (Lipinski definition) is 5. The van der Waals surface area contributed by atoms with E-state index in [0.717, 1.165) is 11.5 Å². The first-order chi connectivity index (χ1) is 12.5. The summed E-state index contributed by atoms with van der Waals surface area (Å²) >= 11 is 6.18. The molecule has 0 atom stereocenters. The number of benzene rings is 2. The molecule has 3 aromatic rings. The molecule has 3 rings (SSSR count). The first kappa shape index (κ1) is 18.0. The van der Waals surface area contributed by atoms with Gasteiger partial charge in [0, 0.05) is 18.3 Å². The predicted molar refractivity (Wildman–Crippen MR) is 107 cm³/mol. The Morgan fingerprint density at radius 3 is 2.38 bits per heavy atom. The van der Waals surface area contributed by atoms with Crippen LogP contribution in [0.5, 0.6) is 5.75 Å². The maximum atomic E-state index is 6.18. The quantitative estimate of drug-likeness (QED) is 0.633. The summed E-state index contributed by atoms with van der Waals surface area (Å²) in [4.78, 5) is 8.88. The number of hydrogen-bond donors (Lipinski definition) is 2. The monoisotopic (exact) mass is 368 g/mol. The molecule has 6 heteroatoms. The maximum Gasteiger partial charge on any atom is 0.137 e. The fraction of sp³-hybridized carbons (Fsp3) is 0.200. The highest BCUT2D eigenvalue weighted by atomic mass is 35.5. The molecule has 0 aliphatic rings. The topological polar surface area (TPSA) is 59.1 Å². The van der Waals surface area contributed by atoms with Gasteiger partial charge >= 0.3 is 0 Å². The number of nitrogens with zero attached hydrogens (tertiary/aromatic N) is 2. The van der Waals surface area contributed by atoms with E-state index in [0.29, 0.717) is 29.0 Å². The second kappa shape index (κ2) is 8.06. The van der Waals surface area contributed by atoms with E-state index >= 15 is 0 Å². The van der Waals surface area contributed by atoms with Gasteiger partial charge in [-0.2, -0.15) is 0 Å². The Bertz CT molecular complexity index is 897. The molecule has 2 aromatic carbocycles. The molecule has 1 aromatic heterocycles. The van der Waals surface area contributed by atoms with Gasteiger partial charge in [0.1, 0.15) is 23.2 Å². The highest BCUT2D eigenvalue weighted by Crippen LogP contribution is 2.28. The van der Waals surface area contributed by atoms with Crippen LogP contribution in [-0.2, 0) is 6.54 Å². The number of anilines is 3. The molecule has 0 radical (unpaired) electrons. The highest BCUT2D eigenvalue weighted by Gasteiger charge is 2.06. The van der Waals surface area contributed by atoms with Crippen molar-refractivity contribution in [3.05, 3.63) is 70.5 Å². The van der Waals surface area contributed by atoms with E-state index in [1.54, 1.807) is 13.2 Å². The van der Waals surface area contributed by atoms with Gasteiger partial charge in [0.2, 0.25) is 0 Å². The van der Waals surface area contributed by atoms with E-state index in [-0.39, 0.29) is 0 Å². The molecule has 0 saturated heterocycles. The molecule has 0 fully saturated rings. The summed E-state index contributed by atoms with van der Waals surface area (Å²) in [5.74, 6) is 2.78. The smallest absolute Gasteiger partial charge is 0.137 e. The van der Waals surface area contributed by atoms with E-state index in [1.165, 1.54) is 11.1 Å². The second-order valence-electron chi connectivity index (χ2n) is 6.00. The minimum Gasteiger partial charge on any atom is -0.495 e. The number of ether oxygens (including phenoxy) is 1. The van der Waals surface area contributed by atoms with Gasteiger partial charge in [0.25, 0.3) is 0 Å². The molecule has 0 aliphatic heterocycles. The Morgan fingerprint density at radius 2 is 1.69 bits per heavy atom. The molecule has 5 nitrogen and oxygen atoms in total. The van der Waals surface area contributed by atoms with Crippen molar-refractivity contribution in [1.82, 2.24) is 9.97 Å². The third-order valence-corrected chi connectivity index (χ3v) is 4.15. The van der Waals surface area contributed by atoms with Crippen LogP contribution in [0.25, 0.3) is 0 Å². The van der Waals surface area contributed by atoms with E-state index in [4.69, 9.17) is 16.3 Å². The van der Waals surface area contributed by atoms with Gasteiger partial charge in [-0.1, -0.05) is 41.4 Å². The van der Waals surface area contributed by atoms with Crippen molar-refractivity contribution in [2.75, 3.05) is 17.7 Å². The van der Waals surface area contributed by atoms with Crippen LogP contribution >= 0.6 is 11.6 Å². The lowest BCUT2D eigenvalue weighted by molar-refractivity contribution is 0.415. The summed E-state index contributed by atoms with van der Waals surface area (Å²) in [5.41, 5.74) is 3.28. The largest absolute Gasteiger partial charge is 0.495 e. The van der Waals surface area contributed by atoms with Crippen molar-refractivity contribution in [3.8, 4) is 5.75 Å². The SMILES string of the molecule is COc1ccc(Nc2cc(NCc3ccc(C)cc3)nc(C)n2)cc1Cl. The van der Waals surface area contributed by atoms with Gasteiger partial charge < -0.3 is 15.4 Å². The first-order valence-electron chi connectivity index (χ1n) is 8.29. The average Bonchev–Trinajstić information content (AvgIpc) is 2.61. The predicted octanol–water partition coefficient (Wildman–Crippen LogP) is 5.11. The van der Waals surface area contributed by atoms with Gasteiger partial charge in [-0.15, -0.1) is 0 Å². The van der Waals surface area contributed by atoms with Gasteiger partial charge in [-0.25, -0.2) is 9.97 Å². The van der Waals surface area contributed by atoms with E-state index in [2.05, 4.69) is 51.8 Å². The lowest BCUT2D eigenvalue weighted by Crippen LogP contribution is -2.05. The standard InChI is InChI=1S/C20H21ClN4O/c1-13-4-6-15(7-5-13)12-22-19-11-20(24-14(2)23-19)25-16-8-9-18(26-3)17(21)10-16/h4-11H,12H2,1-3H3,(H2,22,23,24,25). The van der Waals surface area contributed by atoms with Gasteiger partial charge in [-0.05, 0) is 37.6 Å². The van der Waals surface area contributed by atoms with Crippen molar-refractivity contribution in [3.63, 3.8) is 0 Å². The summed E-state index contributed by atoms with van der Waals surface area (Å²) in [7, 11) is 1.59. The Labute approximate surface area is 158 Å². The molecule has 2 N–H and O–H groups in total. The molecule has 0 aliphatic carbocycles. The average molecular weight is 369 g/mol. The van der Waals surface area contributed by atoms with Crippen LogP contribution in [0.4, 0.5) is 17.3 Å². The van der Waals surface area contributed by atoms with E-state index < -0.39 is 0 Å². The molecule has 134 valence electrons. The van der Waals surface area contributed by atoms with Crippen molar-refractivity contribution in [1.29, 1.82) is 0 Å². The van der Waals surface area contributed by atoms with Gasteiger partial charge in [-0.3, -0.25) is 0 Å². The van der Waals surface area contributed by atoms with Crippen LogP contribution in [0.3, 0.4) is 0 Å². The van der Waals surface area contributed by atoms with Crippen LogP contribution in [0.2, 0.25) is 5.02 Å². The zero-order valence-corrected chi connectivity index (χ0v) is 15.8. The minimum absolute atomic E-state index is 0.543. The van der Waals surface area contributed by atoms with Crippen LogP contribution in [-0.4, -0.2) is 17.1 Å². The normalized spacial score (nSPS) is 10.5. The fourth-order valence-corrected chi connectivity index (χ4v) is 2.77. The summed E-state index contributed by atoms with van der Waals surface area (Å²) in [5, 5.41) is 7.13. The third-order valence-electron chi connectivity index (χ3n) is 3.86. The van der Waals surface area contributed by atoms with Gasteiger partial charge in [0.15, 0.2) is 0 Å². The summed E-state index contributed by atoms with van der Waals surface area (Å²) in [6.07, 6.45) is 0. The molecule has 0 spiro atoms. The molecule has 0 unspecified atom stereocenters. The Balaban J connectivity index is 1.72. The number of halogens is 1. The van der Waals surface area contributed by atoms with Crippen LogP contribution in [0, 0.1) is 13.8 Å². The lowest BCUT2D eigenvalue weighted by Gasteiger charge is -2.11. The summed E-state index contributed by atoms with van der Waals surface area (Å²) in [6.45, 7) is 4.64. The molecule has 0 saturated carbocycles. The molecular weight excluding hydrogens is 348 g/mol. The zero-order chi connectivity index (χ0) is 18.5.